The zero-order chi connectivity index (χ0) is 13.8. The highest BCUT2D eigenvalue weighted by Crippen LogP contribution is 2.22. The van der Waals surface area contributed by atoms with Gasteiger partial charge in [-0.3, -0.25) is 0 Å². The van der Waals surface area contributed by atoms with Crippen LogP contribution in [0.3, 0.4) is 0 Å². The quantitative estimate of drug-likeness (QED) is 0.840. The maximum atomic E-state index is 13.0. The van der Waals surface area contributed by atoms with Crippen molar-refractivity contribution in [2.24, 2.45) is 5.92 Å². The van der Waals surface area contributed by atoms with Crippen molar-refractivity contribution in [1.29, 1.82) is 0 Å². The largest absolute Gasteiger partial charge is 0.312 e. The van der Waals surface area contributed by atoms with Crippen molar-refractivity contribution in [2.45, 2.75) is 46.1 Å². The van der Waals surface area contributed by atoms with Gasteiger partial charge < -0.3 is 5.32 Å². The van der Waals surface area contributed by atoms with Crippen molar-refractivity contribution in [3.63, 3.8) is 0 Å². The van der Waals surface area contributed by atoms with Crippen LogP contribution in [0.15, 0.2) is 22.7 Å². The fourth-order valence-electron chi connectivity index (χ4n) is 1.86. The van der Waals surface area contributed by atoms with Crippen LogP contribution in [0.4, 0.5) is 4.39 Å². The van der Waals surface area contributed by atoms with E-state index in [2.05, 4.69) is 48.9 Å². The molecule has 102 valence electrons. The van der Waals surface area contributed by atoms with Crippen LogP contribution in [0, 0.1) is 11.7 Å². The molecule has 0 bridgehead atoms. The van der Waals surface area contributed by atoms with E-state index in [1.807, 2.05) is 6.07 Å². The number of halogens is 2. The van der Waals surface area contributed by atoms with Gasteiger partial charge in [-0.2, -0.15) is 0 Å². The highest BCUT2D eigenvalue weighted by molar-refractivity contribution is 9.10. The predicted octanol–water partition coefficient (Wildman–Crippen LogP) is 4.55. The number of hydrogen-bond acceptors (Lipinski definition) is 1. The van der Waals surface area contributed by atoms with Gasteiger partial charge in [0, 0.05) is 10.0 Å². The molecular formula is C15H23BrFN. The molecule has 1 N–H and O–H groups in total. The maximum Gasteiger partial charge on any atom is 0.124 e. The zero-order valence-corrected chi connectivity index (χ0v) is 13.3. The second-order valence-electron chi connectivity index (χ2n) is 6.01. The monoisotopic (exact) mass is 315 g/mol. The number of benzene rings is 1. The molecule has 0 aliphatic carbocycles. The lowest BCUT2D eigenvalue weighted by Gasteiger charge is -2.22. The van der Waals surface area contributed by atoms with Gasteiger partial charge in [-0.15, -0.1) is 0 Å². The van der Waals surface area contributed by atoms with Crippen LogP contribution in [-0.4, -0.2) is 12.1 Å². The third-order valence-electron chi connectivity index (χ3n) is 2.88. The molecule has 1 nitrogen and oxygen atoms in total. The van der Waals surface area contributed by atoms with Crippen molar-refractivity contribution in [1.82, 2.24) is 5.32 Å². The van der Waals surface area contributed by atoms with Gasteiger partial charge >= 0.3 is 0 Å². The third-order valence-corrected chi connectivity index (χ3v) is 3.61. The smallest absolute Gasteiger partial charge is 0.124 e. The highest BCUT2D eigenvalue weighted by atomic mass is 79.9. The average molecular weight is 316 g/mol. The summed E-state index contributed by atoms with van der Waals surface area (Å²) >= 11 is 3.42. The normalized spacial score (nSPS) is 13.7. The summed E-state index contributed by atoms with van der Waals surface area (Å²) in [6.45, 7) is 9.78. The Morgan fingerprint density at radius 3 is 2.56 bits per heavy atom. The summed E-state index contributed by atoms with van der Waals surface area (Å²) in [5.41, 5.74) is 1.36. The van der Waals surface area contributed by atoms with Crippen LogP contribution in [0.5, 0.6) is 0 Å². The molecule has 1 aromatic rings. The number of hydrogen-bond donors (Lipinski definition) is 1. The van der Waals surface area contributed by atoms with E-state index in [1.165, 1.54) is 17.7 Å². The molecule has 0 aromatic heterocycles. The molecule has 0 aliphatic heterocycles. The van der Waals surface area contributed by atoms with Gasteiger partial charge in [0.1, 0.15) is 5.82 Å². The molecule has 1 aromatic carbocycles. The Morgan fingerprint density at radius 1 is 1.33 bits per heavy atom. The van der Waals surface area contributed by atoms with Crippen molar-refractivity contribution in [3.8, 4) is 0 Å². The second kappa shape index (κ2) is 6.67. The van der Waals surface area contributed by atoms with Gasteiger partial charge in [0.15, 0.2) is 0 Å². The Morgan fingerprint density at radius 2 is 2.00 bits per heavy atom. The second-order valence-corrected chi connectivity index (χ2v) is 6.86. The minimum Gasteiger partial charge on any atom is -0.312 e. The topological polar surface area (TPSA) is 12.0 Å². The van der Waals surface area contributed by atoms with Gasteiger partial charge in [0.2, 0.25) is 0 Å². The lowest BCUT2D eigenvalue weighted by atomic mass is 9.97. The Hall–Kier alpha value is -0.410. The summed E-state index contributed by atoms with van der Waals surface area (Å²) in [5, 5.41) is 3.49. The Bertz CT molecular complexity index is 385. The molecule has 1 unspecified atom stereocenters. The molecule has 0 spiro atoms. The third kappa shape index (κ3) is 5.96. The SMILES string of the molecule is CC(CCNC(C)(C)C)Cc1ccc(F)cc1Br. The summed E-state index contributed by atoms with van der Waals surface area (Å²) in [6.07, 6.45) is 2.10. The van der Waals surface area contributed by atoms with Gasteiger partial charge in [0.05, 0.1) is 0 Å². The molecule has 0 amide bonds. The van der Waals surface area contributed by atoms with Gasteiger partial charge in [0.25, 0.3) is 0 Å². The molecule has 0 radical (unpaired) electrons. The fraction of sp³-hybridized carbons (Fsp3) is 0.600. The first kappa shape index (κ1) is 15.6. The van der Waals surface area contributed by atoms with Crippen LogP contribution in [0.2, 0.25) is 0 Å². The van der Waals surface area contributed by atoms with E-state index in [-0.39, 0.29) is 11.4 Å². The summed E-state index contributed by atoms with van der Waals surface area (Å²) in [4.78, 5) is 0. The highest BCUT2D eigenvalue weighted by Gasteiger charge is 2.11. The van der Waals surface area contributed by atoms with Crippen LogP contribution in [-0.2, 0) is 6.42 Å². The van der Waals surface area contributed by atoms with E-state index in [9.17, 15) is 4.39 Å². The summed E-state index contributed by atoms with van der Waals surface area (Å²) in [6, 6.07) is 4.93. The summed E-state index contributed by atoms with van der Waals surface area (Å²) < 4.78 is 13.9. The van der Waals surface area contributed by atoms with Crippen molar-refractivity contribution >= 4 is 15.9 Å². The first-order valence-corrected chi connectivity index (χ1v) is 7.26. The van der Waals surface area contributed by atoms with Crippen LogP contribution in [0.1, 0.15) is 39.7 Å². The van der Waals surface area contributed by atoms with E-state index in [0.717, 1.165) is 23.9 Å². The number of nitrogens with one attached hydrogen (secondary N) is 1. The van der Waals surface area contributed by atoms with Crippen LogP contribution >= 0.6 is 15.9 Å². The molecule has 0 saturated carbocycles. The van der Waals surface area contributed by atoms with E-state index in [4.69, 9.17) is 0 Å². The lowest BCUT2D eigenvalue weighted by molar-refractivity contribution is 0.393. The van der Waals surface area contributed by atoms with E-state index < -0.39 is 0 Å². The van der Waals surface area contributed by atoms with Crippen molar-refractivity contribution in [3.05, 3.63) is 34.1 Å². The van der Waals surface area contributed by atoms with Gasteiger partial charge in [-0.1, -0.05) is 28.9 Å². The van der Waals surface area contributed by atoms with E-state index in [1.54, 1.807) is 0 Å². The maximum absolute atomic E-state index is 13.0. The molecule has 1 atom stereocenters. The molecular weight excluding hydrogens is 293 g/mol. The predicted molar refractivity (Wildman–Crippen MR) is 79.3 cm³/mol. The molecule has 18 heavy (non-hydrogen) atoms. The molecule has 0 saturated heterocycles. The minimum absolute atomic E-state index is 0.177. The first-order chi connectivity index (χ1) is 8.28. The van der Waals surface area contributed by atoms with Crippen molar-refractivity contribution < 1.29 is 4.39 Å². The van der Waals surface area contributed by atoms with E-state index in [0.29, 0.717) is 5.92 Å². The van der Waals surface area contributed by atoms with Crippen LogP contribution < -0.4 is 5.32 Å². The molecule has 1 rings (SSSR count). The van der Waals surface area contributed by atoms with Gasteiger partial charge in [-0.25, -0.2) is 4.39 Å². The van der Waals surface area contributed by atoms with E-state index >= 15 is 0 Å². The average Bonchev–Trinajstić information content (AvgIpc) is 2.20. The Balaban J connectivity index is 2.42. The number of rotatable bonds is 5. The lowest BCUT2D eigenvalue weighted by Crippen LogP contribution is -2.37. The summed E-state index contributed by atoms with van der Waals surface area (Å²) in [5.74, 6) is 0.397. The van der Waals surface area contributed by atoms with Crippen LogP contribution in [0.25, 0.3) is 0 Å². The molecule has 0 aliphatic rings. The van der Waals surface area contributed by atoms with Gasteiger partial charge in [-0.05, 0) is 63.8 Å². The standard InChI is InChI=1S/C15H23BrFN/c1-11(7-8-18-15(2,3)4)9-12-5-6-13(17)10-14(12)16/h5-6,10-11,18H,7-9H2,1-4H3. The Kier molecular flexibility index (Phi) is 5.80. The first-order valence-electron chi connectivity index (χ1n) is 6.47. The molecule has 0 fully saturated rings. The fourth-order valence-corrected chi connectivity index (χ4v) is 2.37. The molecule has 0 heterocycles. The minimum atomic E-state index is -0.187. The van der Waals surface area contributed by atoms with Crippen molar-refractivity contribution in [2.75, 3.05) is 6.54 Å². The molecule has 3 heteroatoms. The zero-order valence-electron chi connectivity index (χ0n) is 11.7. The summed E-state index contributed by atoms with van der Waals surface area (Å²) in [7, 11) is 0. The Labute approximate surface area is 118 Å².